The number of sulfonamides is 1. The molecule has 1 heterocycles. The topological polar surface area (TPSA) is 106 Å². The molecule has 0 bridgehead atoms. The Kier molecular flexibility index (Phi) is 3.33. The van der Waals surface area contributed by atoms with Crippen molar-refractivity contribution in [3.05, 3.63) is 10.4 Å². The summed E-state index contributed by atoms with van der Waals surface area (Å²) in [7, 11) is -3.26. The first-order chi connectivity index (χ1) is 6.45. The minimum absolute atomic E-state index is 0.00250. The van der Waals surface area contributed by atoms with Crippen LogP contribution in [0.25, 0.3) is 10.4 Å². The molecule has 1 N–H and O–H groups in total. The minimum Gasteiger partial charge on any atom is -0.391 e. The van der Waals surface area contributed by atoms with Crippen molar-refractivity contribution < 1.29 is 13.5 Å². The molecule has 1 saturated heterocycles. The van der Waals surface area contributed by atoms with Crippen molar-refractivity contribution >= 4 is 10.0 Å². The number of β-amino-alcohol motifs (C(OH)–C–C–N with tert-alkyl or cyclic N) is 1. The number of piperidine rings is 1. The van der Waals surface area contributed by atoms with E-state index in [4.69, 9.17) is 5.53 Å². The number of rotatable bonds is 2. The van der Waals surface area contributed by atoms with E-state index >= 15 is 0 Å². The third kappa shape index (κ3) is 2.58. The number of nitrogens with zero attached hydrogens (tertiary/aromatic N) is 4. The Labute approximate surface area is 82.0 Å². The van der Waals surface area contributed by atoms with Crippen molar-refractivity contribution in [1.82, 2.24) is 4.31 Å². The number of hydrogen-bond acceptors (Lipinski definition) is 4. The zero-order chi connectivity index (χ0) is 10.8. The predicted molar refractivity (Wildman–Crippen MR) is 50.0 cm³/mol. The van der Waals surface area contributed by atoms with Gasteiger partial charge in [-0.2, -0.15) is 4.31 Å². The molecule has 0 amide bonds. The van der Waals surface area contributed by atoms with Gasteiger partial charge in [0, 0.05) is 18.0 Å². The van der Waals surface area contributed by atoms with E-state index in [1.54, 1.807) is 0 Å². The summed E-state index contributed by atoms with van der Waals surface area (Å²) in [5.74, 6) is 0. The third-order valence-electron chi connectivity index (χ3n) is 2.18. The molecule has 1 fully saturated rings. The van der Waals surface area contributed by atoms with Crippen LogP contribution in [-0.4, -0.2) is 49.3 Å². The van der Waals surface area contributed by atoms with Crippen LogP contribution in [-0.2, 0) is 10.0 Å². The average molecular weight is 220 g/mol. The SMILES string of the molecule is CS(=O)(=O)N1CC[C@@H](N=[N+]=[N-])[C@H](O)C1. The number of hydrogen-bond donors (Lipinski definition) is 1. The van der Waals surface area contributed by atoms with E-state index in [1.165, 1.54) is 4.31 Å². The molecule has 0 unspecified atom stereocenters. The maximum atomic E-state index is 11.1. The molecule has 0 spiro atoms. The van der Waals surface area contributed by atoms with Gasteiger partial charge in [0.05, 0.1) is 18.4 Å². The zero-order valence-corrected chi connectivity index (χ0v) is 8.55. The highest BCUT2D eigenvalue weighted by Crippen LogP contribution is 2.16. The van der Waals surface area contributed by atoms with Crippen LogP contribution in [0.3, 0.4) is 0 Å². The van der Waals surface area contributed by atoms with Crippen LogP contribution in [0.5, 0.6) is 0 Å². The van der Waals surface area contributed by atoms with E-state index in [0.29, 0.717) is 13.0 Å². The van der Waals surface area contributed by atoms with E-state index in [-0.39, 0.29) is 6.54 Å². The lowest BCUT2D eigenvalue weighted by Gasteiger charge is -2.31. The first-order valence-corrected chi connectivity index (χ1v) is 5.97. The number of aliphatic hydroxyl groups excluding tert-OH is 1. The first-order valence-electron chi connectivity index (χ1n) is 4.12. The maximum absolute atomic E-state index is 11.1. The summed E-state index contributed by atoms with van der Waals surface area (Å²) < 4.78 is 23.4. The van der Waals surface area contributed by atoms with E-state index in [2.05, 4.69) is 10.0 Å². The molecule has 0 radical (unpaired) electrons. The van der Waals surface area contributed by atoms with Gasteiger partial charge in [-0.05, 0) is 12.0 Å². The molecular weight excluding hydrogens is 208 g/mol. The Balaban J connectivity index is 2.68. The molecule has 0 aromatic rings. The van der Waals surface area contributed by atoms with Gasteiger partial charge in [-0.3, -0.25) is 0 Å². The van der Waals surface area contributed by atoms with Crippen molar-refractivity contribution in [2.75, 3.05) is 19.3 Å². The zero-order valence-electron chi connectivity index (χ0n) is 7.74. The highest BCUT2D eigenvalue weighted by atomic mass is 32.2. The smallest absolute Gasteiger partial charge is 0.211 e. The first kappa shape index (κ1) is 11.3. The molecule has 14 heavy (non-hydrogen) atoms. The summed E-state index contributed by atoms with van der Waals surface area (Å²) in [6.07, 6.45) is 0.542. The second kappa shape index (κ2) is 4.14. The van der Waals surface area contributed by atoms with E-state index in [0.717, 1.165) is 6.26 Å². The summed E-state index contributed by atoms with van der Waals surface area (Å²) in [6, 6.07) is -0.516. The number of azide groups is 1. The van der Waals surface area contributed by atoms with E-state index in [1.807, 2.05) is 0 Å². The van der Waals surface area contributed by atoms with Crippen molar-refractivity contribution in [2.24, 2.45) is 5.11 Å². The fraction of sp³-hybridized carbons (Fsp3) is 1.00. The molecule has 7 nitrogen and oxygen atoms in total. The van der Waals surface area contributed by atoms with Crippen molar-refractivity contribution in [2.45, 2.75) is 18.6 Å². The summed E-state index contributed by atoms with van der Waals surface area (Å²) in [5, 5.41) is 12.9. The molecular formula is C6H12N4O3S. The Bertz CT molecular complexity index is 348. The molecule has 2 atom stereocenters. The van der Waals surface area contributed by atoms with Crippen molar-refractivity contribution in [3.8, 4) is 0 Å². The van der Waals surface area contributed by atoms with Crippen molar-refractivity contribution in [3.63, 3.8) is 0 Å². The van der Waals surface area contributed by atoms with E-state index < -0.39 is 22.2 Å². The molecule has 0 aromatic heterocycles. The van der Waals surface area contributed by atoms with Gasteiger partial charge in [0.2, 0.25) is 10.0 Å². The van der Waals surface area contributed by atoms with Crippen LogP contribution in [0.4, 0.5) is 0 Å². The van der Waals surface area contributed by atoms with Gasteiger partial charge < -0.3 is 5.11 Å². The van der Waals surface area contributed by atoms with Gasteiger partial charge in [-0.15, -0.1) is 0 Å². The normalized spacial score (nSPS) is 29.6. The van der Waals surface area contributed by atoms with Crippen LogP contribution in [0.2, 0.25) is 0 Å². The van der Waals surface area contributed by atoms with Gasteiger partial charge in [0.15, 0.2) is 0 Å². The second-order valence-corrected chi connectivity index (χ2v) is 5.23. The Morgan fingerprint density at radius 1 is 1.64 bits per heavy atom. The predicted octanol–water partition coefficient (Wildman–Crippen LogP) is -0.309. The monoisotopic (exact) mass is 220 g/mol. The fourth-order valence-electron chi connectivity index (χ4n) is 1.39. The van der Waals surface area contributed by atoms with Gasteiger partial charge in [-0.25, -0.2) is 8.42 Å². The standard InChI is InChI=1S/C6H12N4O3S/c1-14(12,13)10-3-2-5(8-9-7)6(11)4-10/h5-6,11H,2-4H2,1H3/t5-,6-/m1/s1. The molecule has 0 aliphatic carbocycles. The van der Waals surface area contributed by atoms with Gasteiger partial charge in [-0.1, -0.05) is 5.11 Å². The highest BCUT2D eigenvalue weighted by Gasteiger charge is 2.30. The van der Waals surface area contributed by atoms with Gasteiger partial charge >= 0.3 is 0 Å². The highest BCUT2D eigenvalue weighted by molar-refractivity contribution is 7.88. The third-order valence-corrected chi connectivity index (χ3v) is 3.45. The minimum atomic E-state index is -3.26. The van der Waals surface area contributed by atoms with Crippen LogP contribution >= 0.6 is 0 Å². The summed E-state index contributed by atoms with van der Waals surface area (Å²) in [4.78, 5) is 2.59. The summed E-state index contributed by atoms with van der Waals surface area (Å²) >= 11 is 0. The quantitative estimate of drug-likeness (QED) is 0.392. The lowest BCUT2D eigenvalue weighted by molar-refractivity contribution is 0.0882. The largest absolute Gasteiger partial charge is 0.391 e. The van der Waals surface area contributed by atoms with Crippen molar-refractivity contribution in [1.29, 1.82) is 0 Å². The molecule has 0 aromatic carbocycles. The van der Waals surface area contributed by atoms with Crippen LogP contribution in [0.1, 0.15) is 6.42 Å². The van der Waals surface area contributed by atoms with Gasteiger partial charge in [0.25, 0.3) is 0 Å². The number of aliphatic hydroxyl groups is 1. The van der Waals surface area contributed by atoms with E-state index in [9.17, 15) is 13.5 Å². The Morgan fingerprint density at radius 3 is 2.71 bits per heavy atom. The lowest BCUT2D eigenvalue weighted by Crippen LogP contribution is -2.47. The molecule has 1 rings (SSSR count). The lowest BCUT2D eigenvalue weighted by atomic mass is 10.1. The van der Waals surface area contributed by atoms with Crippen LogP contribution < -0.4 is 0 Å². The Hall–Kier alpha value is -0.820. The fourth-order valence-corrected chi connectivity index (χ4v) is 2.25. The van der Waals surface area contributed by atoms with Crippen LogP contribution in [0.15, 0.2) is 5.11 Å². The summed E-state index contributed by atoms with van der Waals surface area (Å²) in [6.45, 7) is 0.294. The van der Waals surface area contributed by atoms with Gasteiger partial charge in [0.1, 0.15) is 0 Å². The molecule has 8 heteroatoms. The molecule has 1 aliphatic rings. The maximum Gasteiger partial charge on any atom is 0.211 e. The second-order valence-electron chi connectivity index (χ2n) is 3.25. The average Bonchev–Trinajstić information content (AvgIpc) is 2.07. The molecule has 1 aliphatic heterocycles. The summed E-state index contributed by atoms with van der Waals surface area (Å²) in [5.41, 5.74) is 8.18. The molecule has 0 saturated carbocycles. The van der Waals surface area contributed by atoms with Crippen LogP contribution in [0, 0.1) is 0 Å². The Morgan fingerprint density at radius 2 is 2.29 bits per heavy atom. The molecule has 80 valence electrons.